The maximum absolute atomic E-state index is 12.8. The Morgan fingerprint density at radius 1 is 1.18 bits per heavy atom. The molecule has 0 unspecified atom stereocenters. The summed E-state index contributed by atoms with van der Waals surface area (Å²) in [5, 5.41) is 13.0. The Balaban J connectivity index is 1.34. The fourth-order valence-corrected chi connectivity index (χ4v) is 4.87. The number of ether oxygens (including phenoxy) is 2. The third-order valence-corrected chi connectivity index (χ3v) is 6.72. The number of nitrogens with zero attached hydrogens (tertiary/aromatic N) is 2. The minimum Gasteiger partial charge on any atom is -0.484 e. The van der Waals surface area contributed by atoms with Crippen LogP contribution in [0.5, 0.6) is 5.75 Å². The lowest BCUT2D eigenvalue weighted by Gasteiger charge is -2.49. The quantitative estimate of drug-likeness (QED) is 0.262. The molecule has 176 valence electrons. The second-order valence-electron chi connectivity index (χ2n) is 7.69. The van der Waals surface area contributed by atoms with Gasteiger partial charge >= 0.3 is 5.97 Å². The Morgan fingerprint density at radius 2 is 1.88 bits per heavy atom. The highest BCUT2D eigenvalue weighted by Gasteiger charge is 2.54. The monoisotopic (exact) mass is 483 g/mol. The van der Waals surface area contributed by atoms with Crippen molar-refractivity contribution in [3.8, 4) is 5.75 Å². The zero-order valence-electron chi connectivity index (χ0n) is 18.1. The minimum absolute atomic E-state index is 0.0609. The highest BCUT2D eigenvalue weighted by Crippen LogP contribution is 2.40. The standard InChI is InChI=1S/C23H21N3O7S/c1-14-13-34-22-19(24-18(27)12-32-17-5-3-2-4-6-17)21(28)25(22)20(14)23(29)33-11-15-7-9-16(10-8-15)26(30)31/h2-10,19,22H,11-13H2,1H3,(H,24,27)/t19-,22+/m0/s1. The van der Waals surface area contributed by atoms with Crippen molar-refractivity contribution in [3.05, 3.63) is 81.5 Å². The van der Waals surface area contributed by atoms with Crippen molar-refractivity contribution in [2.45, 2.75) is 24.9 Å². The average molecular weight is 484 g/mol. The van der Waals surface area contributed by atoms with Gasteiger partial charge in [0.25, 0.3) is 17.5 Å². The number of para-hydroxylation sites is 1. The predicted molar refractivity (Wildman–Crippen MR) is 123 cm³/mol. The van der Waals surface area contributed by atoms with Crippen LogP contribution >= 0.6 is 11.8 Å². The van der Waals surface area contributed by atoms with Gasteiger partial charge in [0.05, 0.1) is 4.92 Å². The SMILES string of the molecule is CC1=C(C(=O)OCc2ccc([N+](=O)[O-])cc2)N2C(=O)[C@H](NC(=O)COc3ccccc3)[C@H]2SC1. The number of non-ortho nitro benzene ring substituents is 1. The number of nitro groups is 1. The molecule has 2 aromatic carbocycles. The van der Waals surface area contributed by atoms with Crippen LogP contribution in [0.2, 0.25) is 0 Å². The highest BCUT2D eigenvalue weighted by atomic mass is 32.2. The van der Waals surface area contributed by atoms with Crippen molar-refractivity contribution >= 4 is 35.2 Å². The van der Waals surface area contributed by atoms with Gasteiger partial charge in [0.1, 0.15) is 29.5 Å². The molecule has 0 bridgehead atoms. The Kier molecular flexibility index (Phi) is 6.82. The molecule has 2 aromatic rings. The summed E-state index contributed by atoms with van der Waals surface area (Å²) in [4.78, 5) is 49.5. The number of β-lactam (4-membered cyclic amide) rings is 1. The highest BCUT2D eigenvalue weighted by molar-refractivity contribution is 8.00. The van der Waals surface area contributed by atoms with Crippen LogP contribution in [0.3, 0.4) is 0 Å². The molecule has 0 saturated carbocycles. The van der Waals surface area contributed by atoms with E-state index >= 15 is 0 Å². The molecule has 2 atom stereocenters. The number of nitro benzene ring substituents is 1. The van der Waals surface area contributed by atoms with Crippen LogP contribution in [0, 0.1) is 10.1 Å². The van der Waals surface area contributed by atoms with Gasteiger partial charge in [-0.3, -0.25) is 24.6 Å². The first-order valence-corrected chi connectivity index (χ1v) is 11.4. The number of rotatable bonds is 8. The van der Waals surface area contributed by atoms with Gasteiger partial charge in [0, 0.05) is 17.9 Å². The normalized spacial score (nSPS) is 19.1. The summed E-state index contributed by atoms with van der Waals surface area (Å²) in [7, 11) is 0. The summed E-state index contributed by atoms with van der Waals surface area (Å²) in [5.74, 6) is -0.444. The van der Waals surface area contributed by atoms with E-state index in [0.717, 1.165) is 0 Å². The lowest BCUT2D eigenvalue weighted by molar-refractivity contribution is -0.384. The summed E-state index contributed by atoms with van der Waals surface area (Å²) in [5.41, 5.74) is 1.38. The molecule has 0 aliphatic carbocycles. The summed E-state index contributed by atoms with van der Waals surface area (Å²) >= 11 is 1.45. The van der Waals surface area contributed by atoms with Crippen LogP contribution in [0.4, 0.5) is 5.69 Å². The molecule has 2 aliphatic heterocycles. The van der Waals surface area contributed by atoms with E-state index in [1.807, 2.05) is 6.07 Å². The second-order valence-corrected chi connectivity index (χ2v) is 8.79. The van der Waals surface area contributed by atoms with Gasteiger partial charge in [-0.15, -0.1) is 11.8 Å². The fourth-order valence-electron chi connectivity index (χ4n) is 3.57. The smallest absolute Gasteiger partial charge is 0.355 e. The van der Waals surface area contributed by atoms with E-state index in [2.05, 4.69) is 5.32 Å². The van der Waals surface area contributed by atoms with Crippen molar-refractivity contribution in [3.63, 3.8) is 0 Å². The number of carbonyl (C=O) groups excluding carboxylic acids is 3. The van der Waals surface area contributed by atoms with E-state index in [4.69, 9.17) is 9.47 Å². The molecule has 34 heavy (non-hydrogen) atoms. The molecule has 1 saturated heterocycles. The van der Waals surface area contributed by atoms with Gasteiger partial charge < -0.3 is 14.8 Å². The van der Waals surface area contributed by atoms with Gasteiger partial charge in [0.2, 0.25) is 0 Å². The van der Waals surface area contributed by atoms with Gasteiger partial charge in [0.15, 0.2) is 6.61 Å². The lowest BCUT2D eigenvalue weighted by atomic mass is 10.0. The first-order chi connectivity index (χ1) is 16.3. The largest absolute Gasteiger partial charge is 0.484 e. The fraction of sp³-hybridized carbons (Fsp3) is 0.261. The minimum atomic E-state index is -0.762. The topological polar surface area (TPSA) is 128 Å². The van der Waals surface area contributed by atoms with Crippen molar-refractivity contribution in [2.24, 2.45) is 0 Å². The molecule has 2 amide bonds. The Bertz CT molecular complexity index is 1150. The number of hydrogen-bond acceptors (Lipinski definition) is 8. The number of amides is 2. The number of benzene rings is 2. The van der Waals surface area contributed by atoms with Crippen LogP contribution in [0.15, 0.2) is 65.9 Å². The average Bonchev–Trinajstić information content (AvgIpc) is 2.85. The van der Waals surface area contributed by atoms with Crippen molar-refractivity contribution in [1.82, 2.24) is 10.2 Å². The third-order valence-electron chi connectivity index (χ3n) is 5.30. The zero-order chi connectivity index (χ0) is 24.2. The van der Waals surface area contributed by atoms with Gasteiger partial charge in [-0.25, -0.2) is 4.79 Å². The molecule has 0 radical (unpaired) electrons. The lowest BCUT2D eigenvalue weighted by Crippen LogP contribution is -2.70. The second kappa shape index (κ2) is 9.96. The number of fused-ring (bicyclic) bond motifs is 1. The molecule has 1 fully saturated rings. The molecule has 1 N–H and O–H groups in total. The molecule has 10 nitrogen and oxygen atoms in total. The van der Waals surface area contributed by atoms with Crippen LogP contribution in [0.25, 0.3) is 0 Å². The Labute approximate surface area is 199 Å². The Hall–Kier alpha value is -3.86. The first kappa shape index (κ1) is 23.3. The van der Waals surface area contributed by atoms with Gasteiger partial charge in [-0.05, 0) is 42.3 Å². The van der Waals surface area contributed by atoms with Gasteiger partial charge in [-0.1, -0.05) is 18.2 Å². The van der Waals surface area contributed by atoms with Crippen LogP contribution in [-0.4, -0.2) is 51.4 Å². The van der Waals surface area contributed by atoms with E-state index in [-0.39, 0.29) is 24.6 Å². The zero-order valence-corrected chi connectivity index (χ0v) is 18.9. The molecule has 0 spiro atoms. The van der Waals surface area contributed by atoms with E-state index in [1.165, 1.54) is 40.9 Å². The molecule has 11 heteroatoms. The molecule has 0 aromatic heterocycles. The summed E-state index contributed by atoms with van der Waals surface area (Å²) < 4.78 is 10.8. The van der Waals surface area contributed by atoms with Gasteiger partial charge in [-0.2, -0.15) is 0 Å². The summed E-state index contributed by atoms with van der Waals surface area (Å²) in [6.45, 7) is 1.42. The van der Waals surface area contributed by atoms with Crippen LogP contribution < -0.4 is 10.1 Å². The third kappa shape index (κ3) is 4.88. The molecular weight excluding hydrogens is 462 g/mol. The summed E-state index contributed by atoms with van der Waals surface area (Å²) in [6, 6.07) is 13.8. The van der Waals surface area contributed by atoms with E-state index in [0.29, 0.717) is 22.6 Å². The maximum atomic E-state index is 12.8. The number of nitrogens with one attached hydrogen (secondary N) is 1. The van der Waals surface area contributed by atoms with E-state index < -0.39 is 34.1 Å². The first-order valence-electron chi connectivity index (χ1n) is 10.4. The molecule has 2 aliphatic rings. The molecule has 4 rings (SSSR count). The maximum Gasteiger partial charge on any atom is 0.355 e. The van der Waals surface area contributed by atoms with Crippen molar-refractivity contribution in [1.29, 1.82) is 0 Å². The Morgan fingerprint density at radius 3 is 2.56 bits per heavy atom. The van der Waals surface area contributed by atoms with Crippen LogP contribution in [0.1, 0.15) is 12.5 Å². The number of carbonyl (C=O) groups is 3. The van der Waals surface area contributed by atoms with Crippen LogP contribution in [-0.2, 0) is 25.7 Å². The number of esters is 1. The molecular formula is C23H21N3O7S. The van der Waals surface area contributed by atoms with E-state index in [9.17, 15) is 24.5 Å². The van der Waals surface area contributed by atoms with Crippen molar-refractivity contribution in [2.75, 3.05) is 12.4 Å². The van der Waals surface area contributed by atoms with Crippen molar-refractivity contribution < 1.29 is 28.8 Å². The molecule has 2 heterocycles. The number of thioether (sulfide) groups is 1. The predicted octanol–water partition coefficient (Wildman–Crippen LogP) is 2.39. The van der Waals surface area contributed by atoms with E-state index in [1.54, 1.807) is 31.2 Å². The number of hydrogen-bond donors (Lipinski definition) is 1. The summed E-state index contributed by atoms with van der Waals surface area (Å²) in [6.07, 6.45) is 0.